The summed E-state index contributed by atoms with van der Waals surface area (Å²) >= 11 is 0. The van der Waals surface area contributed by atoms with Gasteiger partial charge in [0.15, 0.2) is 0 Å². The SMILES string of the molecule is CC[N+]([O-])(O)CC. The van der Waals surface area contributed by atoms with Crippen molar-refractivity contribution in [1.82, 2.24) is 0 Å². The van der Waals surface area contributed by atoms with Crippen LogP contribution in [0.25, 0.3) is 0 Å². The fourth-order valence-electron chi connectivity index (χ4n) is 0.224. The van der Waals surface area contributed by atoms with E-state index in [1.165, 1.54) is 0 Å². The predicted molar refractivity (Wildman–Crippen MR) is 26.5 cm³/mol. The van der Waals surface area contributed by atoms with Gasteiger partial charge in [0, 0.05) is 0 Å². The lowest BCUT2D eigenvalue weighted by Crippen LogP contribution is -2.37. The Morgan fingerprint density at radius 3 is 1.71 bits per heavy atom. The summed E-state index contributed by atoms with van der Waals surface area (Å²) in [6, 6.07) is 0. The van der Waals surface area contributed by atoms with Crippen LogP contribution in [0.4, 0.5) is 0 Å². The molecule has 0 spiro atoms. The van der Waals surface area contributed by atoms with Gasteiger partial charge in [-0.1, -0.05) is 0 Å². The Morgan fingerprint density at radius 1 is 1.43 bits per heavy atom. The maximum absolute atomic E-state index is 10.3. The number of nitrogens with zero attached hydrogens (tertiary/aromatic N) is 1. The van der Waals surface area contributed by atoms with Crippen molar-refractivity contribution < 1.29 is 10.0 Å². The van der Waals surface area contributed by atoms with E-state index in [-0.39, 0.29) is 13.1 Å². The van der Waals surface area contributed by atoms with E-state index in [0.717, 1.165) is 0 Å². The highest BCUT2D eigenvalue weighted by molar-refractivity contribution is 4.19. The molecule has 0 radical (unpaired) electrons. The summed E-state index contributed by atoms with van der Waals surface area (Å²) in [6.45, 7) is 3.76. The van der Waals surface area contributed by atoms with Crippen LogP contribution in [0.15, 0.2) is 0 Å². The molecule has 0 aliphatic carbocycles. The predicted octanol–water partition coefficient (Wildman–Crippen LogP) is 0.730. The summed E-state index contributed by atoms with van der Waals surface area (Å²) in [4.78, 5) is -1.11. The molecule has 44 valence electrons. The Bertz CT molecular complexity index is 47.7. The van der Waals surface area contributed by atoms with Gasteiger partial charge in [-0.25, -0.2) is 10.0 Å². The highest BCUT2D eigenvalue weighted by atomic mass is 16.8. The van der Waals surface area contributed by atoms with Crippen LogP contribution in [0.5, 0.6) is 0 Å². The summed E-state index contributed by atoms with van der Waals surface area (Å²) in [7, 11) is 0. The van der Waals surface area contributed by atoms with Crippen molar-refractivity contribution in [3.05, 3.63) is 5.21 Å². The van der Waals surface area contributed by atoms with Crippen LogP contribution in [-0.2, 0) is 0 Å². The Kier molecular flexibility index (Phi) is 2.22. The minimum Gasteiger partial charge on any atom is -0.598 e. The van der Waals surface area contributed by atoms with E-state index < -0.39 is 4.81 Å². The van der Waals surface area contributed by atoms with Gasteiger partial charge < -0.3 is 5.21 Å². The Hall–Kier alpha value is -0.120. The summed E-state index contributed by atoms with van der Waals surface area (Å²) in [5, 5.41) is 18.8. The molecule has 0 saturated carbocycles. The molecule has 3 nitrogen and oxygen atoms in total. The van der Waals surface area contributed by atoms with Gasteiger partial charge in [0.2, 0.25) is 0 Å². The molecule has 0 aromatic rings. The molecule has 0 fully saturated rings. The monoisotopic (exact) mass is 105 g/mol. The van der Waals surface area contributed by atoms with Crippen LogP contribution in [0.1, 0.15) is 13.8 Å². The summed E-state index contributed by atoms with van der Waals surface area (Å²) < 4.78 is 0. The molecule has 0 aliphatic rings. The number of hydroxylamine groups is 4. The summed E-state index contributed by atoms with van der Waals surface area (Å²) in [5.41, 5.74) is 0. The lowest BCUT2D eigenvalue weighted by molar-refractivity contribution is -1.06. The van der Waals surface area contributed by atoms with Gasteiger partial charge in [0.05, 0.1) is 0 Å². The van der Waals surface area contributed by atoms with E-state index >= 15 is 0 Å². The molecule has 0 unspecified atom stereocenters. The van der Waals surface area contributed by atoms with Crippen LogP contribution < -0.4 is 0 Å². The number of hydrogen-bond acceptors (Lipinski definition) is 2. The second kappa shape index (κ2) is 2.26. The van der Waals surface area contributed by atoms with Crippen LogP contribution in [0, 0.1) is 5.21 Å². The first-order valence-corrected chi connectivity index (χ1v) is 2.43. The number of quaternary nitrogens is 1. The topological polar surface area (TPSA) is 43.3 Å². The molecule has 0 saturated heterocycles. The molecule has 0 aliphatic heterocycles. The third-order valence-electron chi connectivity index (χ3n) is 0.988. The average Bonchev–Trinajstić information content (AvgIpc) is 1.68. The van der Waals surface area contributed by atoms with Gasteiger partial charge in [-0.15, -0.1) is 0 Å². The number of rotatable bonds is 2. The Labute approximate surface area is 43.3 Å². The smallest absolute Gasteiger partial charge is 0.105 e. The zero-order valence-corrected chi connectivity index (χ0v) is 4.72. The normalized spacial score (nSPS) is 12.0. The molecular formula is C4H11NO2. The Balaban J connectivity index is 3.36. The first-order chi connectivity index (χ1) is 3.12. The summed E-state index contributed by atoms with van der Waals surface area (Å²) in [6.07, 6.45) is 0. The van der Waals surface area contributed by atoms with E-state index in [0.29, 0.717) is 0 Å². The van der Waals surface area contributed by atoms with Gasteiger partial charge in [-0.3, -0.25) is 0 Å². The van der Waals surface area contributed by atoms with Crippen molar-refractivity contribution in [2.24, 2.45) is 0 Å². The van der Waals surface area contributed by atoms with Gasteiger partial charge in [-0.05, 0) is 13.8 Å². The van der Waals surface area contributed by atoms with Crippen LogP contribution >= 0.6 is 0 Å². The largest absolute Gasteiger partial charge is 0.598 e. The van der Waals surface area contributed by atoms with Crippen molar-refractivity contribution in [2.75, 3.05) is 13.1 Å². The molecule has 0 amide bonds. The highest BCUT2D eigenvalue weighted by Crippen LogP contribution is 1.92. The second-order valence-corrected chi connectivity index (χ2v) is 1.48. The quantitative estimate of drug-likeness (QED) is 0.415. The van der Waals surface area contributed by atoms with Crippen LogP contribution in [0.2, 0.25) is 0 Å². The minimum absolute atomic E-state index is 0.233. The van der Waals surface area contributed by atoms with Crippen molar-refractivity contribution in [1.29, 1.82) is 0 Å². The first kappa shape index (κ1) is 6.88. The standard InChI is InChI=1S/C4H11NO2/c1-3-5(6,7)4-2/h6H,3-4H2,1-2H3. The van der Waals surface area contributed by atoms with E-state index in [4.69, 9.17) is 5.21 Å². The highest BCUT2D eigenvalue weighted by Gasteiger charge is 2.02. The fourth-order valence-corrected chi connectivity index (χ4v) is 0.224. The van der Waals surface area contributed by atoms with Crippen molar-refractivity contribution in [2.45, 2.75) is 13.8 Å². The lowest BCUT2D eigenvalue weighted by atomic mass is 10.6. The molecule has 0 aromatic heterocycles. The van der Waals surface area contributed by atoms with Crippen molar-refractivity contribution in [3.63, 3.8) is 0 Å². The average molecular weight is 105 g/mol. The maximum Gasteiger partial charge on any atom is 0.105 e. The molecule has 3 heteroatoms. The van der Waals surface area contributed by atoms with E-state index in [1.54, 1.807) is 13.8 Å². The molecule has 7 heavy (non-hydrogen) atoms. The fraction of sp³-hybridized carbons (Fsp3) is 1.00. The van der Waals surface area contributed by atoms with E-state index in [1.807, 2.05) is 0 Å². The zero-order chi connectivity index (χ0) is 5.91. The lowest BCUT2D eigenvalue weighted by Gasteiger charge is -2.30. The minimum atomic E-state index is -1.11. The van der Waals surface area contributed by atoms with Crippen LogP contribution in [0.3, 0.4) is 0 Å². The van der Waals surface area contributed by atoms with Crippen molar-refractivity contribution in [3.8, 4) is 0 Å². The van der Waals surface area contributed by atoms with Gasteiger partial charge in [0.1, 0.15) is 13.1 Å². The summed E-state index contributed by atoms with van der Waals surface area (Å²) in [5.74, 6) is 0. The van der Waals surface area contributed by atoms with Gasteiger partial charge >= 0.3 is 0 Å². The number of hydrogen-bond donors (Lipinski definition) is 1. The van der Waals surface area contributed by atoms with Crippen LogP contribution in [-0.4, -0.2) is 23.1 Å². The molecule has 0 heterocycles. The van der Waals surface area contributed by atoms with E-state index in [9.17, 15) is 5.21 Å². The van der Waals surface area contributed by atoms with E-state index in [2.05, 4.69) is 0 Å². The molecule has 0 bridgehead atoms. The maximum atomic E-state index is 10.3. The third kappa shape index (κ3) is 2.56. The van der Waals surface area contributed by atoms with Gasteiger partial charge in [-0.2, -0.15) is 0 Å². The van der Waals surface area contributed by atoms with Gasteiger partial charge in [0.25, 0.3) is 0 Å². The van der Waals surface area contributed by atoms with Crippen molar-refractivity contribution >= 4 is 0 Å². The molecule has 0 aromatic carbocycles. The molecule has 0 atom stereocenters. The molecular weight excluding hydrogens is 94.0 g/mol. The first-order valence-electron chi connectivity index (χ1n) is 2.43. The molecule has 1 N–H and O–H groups in total. The third-order valence-corrected chi connectivity index (χ3v) is 0.988. The Morgan fingerprint density at radius 2 is 1.71 bits per heavy atom. The second-order valence-electron chi connectivity index (χ2n) is 1.48. The zero-order valence-electron chi connectivity index (χ0n) is 4.72. The molecule has 0 rings (SSSR count).